The second kappa shape index (κ2) is 6.53. The van der Waals surface area contributed by atoms with Crippen molar-refractivity contribution in [1.82, 2.24) is 10.0 Å². The van der Waals surface area contributed by atoms with Crippen LogP contribution in [0, 0.1) is 0 Å². The summed E-state index contributed by atoms with van der Waals surface area (Å²) in [7, 11) is -4.04. The second-order valence-electron chi connectivity index (χ2n) is 4.10. The molecule has 1 aromatic carbocycles. The van der Waals surface area contributed by atoms with Crippen LogP contribution in [0.15, 0.2) is 40.8 Å². The Balaban J connectivity index is 2.77. The zero-order chi connectivity index (χ0) is 15.3. The standard InChI is InChI=1S/C12H13ClN2O4S/c1-8(2)7-11(16)14-12(17)15-20(18,19)10-5-3-9(13)4-6-10/h3-7H,1-2H3,(H2,14,15,16,17). The molecule has 1 rings (SSSR count). The maximum atomic E-state index is 11.8. The molecule has 2 N–H and O–H groups in total. The maximum absolute atomic E-state index is 11.8. The van der Waals surface area contributed by atoms with E-state index in [-0.39, 0.29) is 4.90 Å². The van der Waals surface area contributed by atoms with Gasteiger partial charge >= 0.3 is 6.03 Å². The van der Waals surface area contributed by atoms with Gasteiger partial charge in [-0.05, 0) is 38.1 Å². The third-order valence-electron chi connectivity index (χ3n) is 2.01. The minimum atomic E-state index is -4.04. The first-order chi connectivity index (χ1) is 9.20. The number of hydrogen-bond acceptors (Lipinski definition) is 4. The first kappa shape index (κ1) is 16.2. The molecule has 108 valence electrons. The molecule has 6 nitrogen and oxygen atoms in total. The molecule has 0 fully saturated rings. The number of hydrogen-bond donors (Lipinski definition) is 2. The van der Waals surface area contributed by atoms with Crippen LogP contribution in [-0.4, -0.2) is 20.4 Å². The van der Waals surface area contributed by atoms with Crippen molar-refractivity contribution in [1.29, 1.82) is 0 Å². The summed E-state index contributed by atoms with van der Waals surface area (Å²) in [6.45, 7) is 3.34. The van der Waals surface area contributed by atoms with Crippen molar-refractivity contribution in [3.63, 3.8) is 0 Å². The fraction of sp³-hybridized carbons (Fsp3) is 0.167. The van der Waals surface area contributed by atoms with E-state index in [1.54, 1.807) is 18.6 Å². The minimum absolute atomic E-state index is 0.133. The number of benzene rings is 1. The van der Waals surface area contributed by atoms with Crippen molar-refractivity contribution in [3.8, 4) is 0 Å². The van der Waals surface area contributed by atoms with Gasteiger partial charge in [0.15, 0.2) is 0 Å². The van der Waals surface area contributed by atoms with Crippen LogP contribution in [0.5, 0.6) is 0 Å². The van der Waals surface area contributed by atoms with Crippen LogP contribution in [0.1, 0.15) is 13.8 Å². The number of carbonyl (C=O) groups is 2. The second-order valence-corrected chi connectivity index (χ2v) is 6.22. The number of rotatable bonds is 3. The molecule has 8 heteroatoms. The van der Waals surface area contributed by atoms with Gasteiger partial charge in [-0.25, -0.2) is 17.9 Å². The third kappa shape index (κ3) is 5.02. The summed E-state index contributed by atoms with van der Waals surface area (Å²) in [6.07, 6.45) is 1.18. The quantitative estimate of drug-likeness (QED) is 0.832. The molecule has 0 saturated carbocycles. The van der Waals surface area contributed by atoms with Crippen molar-refractivity contribution < 1.29 is 18.0 Å². The SMILES string of the molecule is CC(C)=CC(=O)NC(=O)NS(=O)(=O)c1ccc(Cl)cc1. The molecule has 0 radical (unpaired) electrons. The molecule has 0 unspecified atom stereocenters. The van der Waals surface area contributed by atoms with E-state index in [1.807, 2.05) is 5.32 Å². The maximum Gasteiger partial charge on any atom is 0.335 e. The third-order valence-corrected chi connectivity index (χ3v) is 3.61. The van der Waals surface area contributed by atoms with Crippen LogP contribution in [0.3, 0.4) is 0 Å². The van der Waals surface area contributed by atoms with Gasteiger partial charge in [0.1, 0.15) is 0 Å². The van der Waals surface area contributed by atoms with E-state index in [2.05, 4.69) is 0 Å². The fourth-order valence-electron chi connectivity index (χ4n) is 1.23. The Labute approximate surface area is 121 Å². The van der Waals surface area contributed by atoms with E-state index in [0.717, 1.165) is 0 Å². The van der Waals surface area contributed by atoms with Crippen LogP contribution < -0.4 is 10.0 Å². The Kier molecular flexibility index (Phi) is 5.29. The minimum Gasteiger partial charge on any atom is -0.274 e. The Morgan fingerprint density at radius 2 is 1.70 bits per heavy atom. The average molecular weight is 317 g/mol. The predicted octanol–water partition coefficient (Wildman–Crippen LogP) is 1.82. The topological polar surface area (TPSA) is 92.3 Å². The van der Waals surface area contributed by atoms with Crippen molar-refractivity contribution in [2.75, 3.05) is 0 Å². The molecule has 0 aliphatic rings. The van der Waals surface area contributed by atoms with E-state index in [4.69, 9.17) is 11.6 Å². The smallest absolute Gasteiger partial charge is 0.274 e. The van der Waals surface area contributed by atoms with Gasteiger partial charge in [0.2, 0.25) is 0 Å². The van der Waals surface area contributed by atoms with Gasteiger partial charge in [0.25, 0.3) is 15.9 Å². The van der Waals surface area contributed by atoms with Crippen molar-refractivity contribution in [2.24, 2.45) is 0 Å². The number of sulfonamides is 1. The van der Waals surface area contributed by atoms with Crippen molar-refractivity contribution in [3.05, 3.63) is 40.9 Å². The van der Waals surface area contributed by atoms with Gasteiger partial charge < -0.3 is 0 Å². The first-order valence-corrected chi connectivity index (χ1v) is 7.35. The lowest BCUT2D eigenvalue weighted by Crippen LogP contribution is -2.41. The lowest BCUT2D eigenvalue weighted by molar-refractivity contribution is -0.115. The zero-order valence-electron chi connectivity index (χ0n) is 10.8. The molecular formula is C12H13ClN2O4S. The van der Waals surface area contributed by atoms with Gasteiger partial charge in [-0.2, -0.15) is 0 Å². The van der Waals surface area contributed by atoms with Gasteiger partial charge in [-0.15, -0.1) is 0 Å². The number of urea groups is 1. The number of nitrogens with one attached hydrogen (secondary N) is 2. The summed E-state index contributed by atoms with van der Waals surface area (Å²) in [5.74, 6) is -0.700. The fourth-order valence-corrected chi connectivity index (χ4v) is 2.26. The number of imide groups is 1. The van der Waals surface area contributed by atoms with Crippen LogP contribution in [0.2, 0.25) is 5.02 Å². The number of amides is 3. The van der Waals surface area contributed by atoms with E-state index >= 15 is 0 Å². The van der Waals surface area contributed by atoms with E-state index in [9.17, 15) is 18.0 Å². The van der Waals surface area contributed by atoms with E-state index in [0.29, 0.717) is 10.6 Å². The molecule has 0 bridgehead atoms. The molecule has 0 aromatic heterocycles. The van der Waals surface area contributed by atoms with Crippen LogP contribution in [0.25, 0.3) is 0 Å². The van der Waals surface area contributed by atoms with Gasteiger partial charge in [0, 0.05) is 11.1 Å². The average Bonchev–Trinajstić information content (AvgIpc) is 2.26. The summed E-state index contributed by atoms with van der Waals surface area (Å²) in [5.41, 5.74) is 0.677. The predicted molar refractivity (Wildman–Crippen MR) is 74.7 cm³/mol. The first-order valence-electron chi connectivity index (χ1n) is 5.49. The Morgan fingerprint density at radius 1 is 1.15 bits per heavy atom. The van der Waals surface area contributed by atoms with Gasteiger partial charge in [-0.3, -0.25) is 10.1 Å². The molecule has 0 aliphatic carbocycles. The molecule has 0 aliphatic heterocycles. The summed E-state index contributed by atoms with van der Waals surface area (Å²) in [5, 5.41) is 2.25. The highest BCUT2D eigenvalue weighted by Gasteiger charge is 2.18. The Morgan fingerprint density at radius 3 is 2.20 bits per heavy atom. The summed E-state index contributed by atoms with van der Waals surface area (Å²) in [6, 6.07) is 4.12. The monoisotopic (exact) mass is 316 g/mol. The van der Waals surface area contributed by atoms with Crippen molar-refractivity contribution in [2.45, 2.75) is 18.7 Å². The number of carbonyl (C=O) groups excluding carboxylic acids is 2. The molecular weight excluding hydrogens is 304 g/mol. The van der Waals surface area contributed by atoms with Crippen LogP contribution >= 0.6 is 11.6 Å². The molecule has 0 atom stereocenters. The molecule has 0 spiro atoms. The summed E-state index contributed by atoms with van der Waals surface area (Å²) in [4.78, 5) is 22.6. The highest BCUT2D eigenvalue weighted by atomic mass is 35.5. The zero-order valence-corrected chi connectivity index (χ0v) is 12.4. The normalized spacial score (nSPS) is 10.6. The molecule has 0 saturated heterocycles. The van der Waals surface area contributed by atoms with E-state index in [1.165, 1.54) is 30.3 Å². The summed E-state index contributed by atoms with van der Waals surface area (Å²) < 4.78 is 25.4. The lowest BCUT2D eigenvalue weighted by atomic mass is 10.3. The highest BCUT2D eigenvalue weighted by Crippen LogP contribution is 2.13. The Hall–Kier alpha value is -1.86. The number of allylic oxidation sites excluding steroid dienone is 1. The van der Waals surface area contributed by atoms with Crippen LogP contribution in [0.4, 0.5) is 4.79 Å². The summed E-state index contributed by atoms with van der Waals surface area (Å²) >= 11 is 5.64. The molecule has 1 aromatic rings. The molecule has 20 heavy (non-hydrogen) atoms. The van der Waals surface area contributed by atoms with E-state index < -0.39 is 22.0 Å². The lowest BCUT2D eigenvalue weighted by Gasteiger charge is -2.07. The Bertz CT molecular complexity index is 647. The largest absolute Gasteiger partial charge is 0.335 e. The van der Waals surface area contributed by atoms with Gasteiger partial charge in [-0.1, -0.05) is 17.2 Å². The van der Waals surface area contributed by atoms with Crippen LogP contribution in [-0.2, 0) is 14.8 Å². The molecule has 0 heterocycles. The number of halogens is 1. The molecule has 3 amide bonds. The highest BCUT2D eigenvalue weighted by molar-refractivity contribution is 7.90. The van der Waals surface area contributed by atoms with Gasteiger partial charge in [0.05, 0.1) is 4.90 Å². The van der Waals surface area contributed by atoms with Crippen molar-refractivity contribution >= 4 is 33.6 Å².